The van der Waals surface area contributed by atoms with Crippen LogP contribution < -0.4 is 5.49 Å². The van der Waals surface area contributed by atoms with Crippen LogP contribution in [-0.2, 0) is 10.3 Å². The van der Waals surface area contributed by atoms with Crippen molar-refractivity contribution in [2.45, 2.75) is 25.2 Å². The highest BCUT2D eigenvalue weighted by Gasteiger charge is 2.50. The average molecular weight is 390 g/mol. The predicted molar refractivity (Wildman–Crippen MR) is 109 cm³/mol. The molecule has 1 aliphatic rings. The van der Waals surface area contributed by atoms with Crippen molar-refractivity contribution in [3.05, 3.63) is 65.4 Å². The van der Waals surface area contributed by atoms with Crippen LogP contribution in [0.1, 0.15) is 31.0 Å². The SMILES string of the molecule is C/C(=N\OCCO)c1ccc(=N)n(C(=N)C2(c3ccc4ncccc4c3)CC2)n1. The fourth-order valence-electron chi connectivity index (χ4n) is 3.38. The lowest BCUT2D eigenvalue weighted by Crippen LogP contribution is -2.37. The summed E-state index contributed by atoms with van der Waals surface area (Å²) in [6.45, 7) is 1.72. The van der Waals surface area contributed by atoms with E-state index in [4.69, 9.17) is 20.8 Å². The van der Waals surface area contributed by atoms with Crippen molar-refractivity contribution >= 4 is 22.5 Å². The third-order valence-electron chi connectivity index (χ3n) is 5.16. The Morgan fingerprint density at radius 2 is 2.10 bits per heavy atom. The topological polar surface area (TPSA) is 120 Å². The molecule has 0 bridgehead atoms. The molecule has 2 aromatic heterocycles. The highest BCUT2D eigenvalue weighted by molar-refractivity contribution is 5.98. The Hall–Kier alpha value is -3.39. The summed E-state index contributed by atoms with van der Waals surface area (Å²) in [7, 11) is 0. The quantitative estimate of drug-likeness (QED) is 0.259. The first-order chi connectivity index (χ1) is 14.0. The molecule has 8 nitrogen and oxygen atoms in total. The number of hydrogen-bond donors (Lipinski definition) is 3. The molecule has 0 unspecified atom stereocenters. The molecule has 2 heterocycles. The maximum absolute atomic E-state index is 8.85. The largest absolute Gasteiger partial charge is 0.393 e. The van der Waals surface area contributed by atoms with E-state index in [1.165, 1.54) is 4.68 Å². The summed E-state index contributed by atoms with van der Waals surface area (Å²) in [6, 6.07) is 13.3. The van der Waals surface area contributed by atoms with Crippen molar-refractivity contribution < 1.29 is 9.94 Å². The van der Waals surface area contributed by atoms with Gasteiger partial charge in [-0.05, 0) is 55.7 Å². The van der Waals surface area contributed by atoms with Gasteiger partial charge in [0.1, 0.15) is 29.3 Å². The van der Waals surface area contributed by atoms with Crippen molar-refractivity contribution in [2.75, 3.05) is 13.2 Å². The lowest BCUT2D eigenvalue weighted by Gasteiger charge is -2.19. The van der Waals surface area contributed by atoms with Crippen LogP contribution in [0.15, 0.2) is 53.8 Å². The van der Waals surface area contributed by atoms with E-state index in [0.29, 0.717) is 11.4 Å². The minimum atomic E-state index is -0.450. The Balaban J connectivity index is 1.69. The van der Waals surface area contributed by atoms with E-state index >= 15 is 0 Å². The Morgan fingerprint density at radius 3 is 2.86 bits per heavy atom. The van der Waals surface area contributed by atoms with Crippen molar-refractivity contribution in [2.24, 2.45) is 5.16 Å². The van der Waals surface area contributed by atoms with Crippen LogP contribution >= 0.6 is 0 Å². The van der Waals surface area contributed by atoms with E-state index in [-0.39, 0.29) is 24.5 Å². The van der Waals surface area contributed by atoms with Gasteiger partial charge in [-0.15, -0.1) is 0 Å². The molecule has 1 aromatic carbocycles. The van der Waals surface area contributed by atoms with Gasteiger partial charge in [0.2, 0.25) is 0 Å². The number of pyridine rings is 1. The zero-order chi connectivity index (χ0) is 20.4. The summed E-state index contributed by atoms with van der Waals surface area (Å²) in [5.41, 5.74) is 2.68. The number of aromatic nitrogens is 3. The normalized spacial score (nSPS) is 15.3. The van der Waals surface area contributed by atoms with Gasteiger partial charge in [0.05, 0.1) is 17.5 Å². The van der Waals surface area contributed by atoms with Gasteiger partial charge in [-0.1, -0.05) is 17.3 Å². The summed E-state index contributed by atoms with van der Waals surface area (Å²) in [6.07, 6.45) is 3.44. The number of benzene rings is 1. The fourth-order valence-corrected chi connectivity index (χ4v) is 3.38. The molecular weight excluding hydrogens is 368 g/mol. The van der Waals surface area contributed by atoms with Gasteiger partial charge in [0.15, 0.2) is 0 Å². The Labute approximate surface area is 167 Å². The van der Waals surface area contributed by atoms with Gasteiger partial charge in [-0.3, -0.25) is 15.8 Å². The van der Waals surface area contributed by atoms with Crippen LogP contribution in [-0.4, -0.2) is 44.6 Å². The summed E-state index contributed by atoms with van der Waals surface area (Å²) < 4.78 is 1.36. The molecule has 3 N–H and O–H groups in total. The molecule has 8 heteroatoms. The molecule has 3 aromatic rings. The third-order valence-corrected chi connectivity index (χ3v) is 5.16. The molecule has 0 saturated heterocycles. The highest BCUT2D eigenvalue weighted by Crippen LogP contribution is 2.49. The molecule has 1 aliphatic carbocycles. The van der Waals surface area contributed by atoms with Gasteiger partial charge in [0.25, 0.3) is 0 Å². The van der Waals surface area contributed by atoms with Crippen LogP contribution in [0.2, 0.25) is 0 Å². The zero-order valence-electron chi connectivity index (χ0n) is 16.1. The zero-order valence-corrected chi connectivity index (χ0v) is 16.1. The van der Waals surface area contributed by atoms with E-state index in [2.05, 4.69) is 21.3 Å². The molecule has 29 heavy (non-hydrogen) atoms. The standard InChI is InChI=1S/C21H22N6O2/c1-14(26-29-12-11-28)17-6-7-19(22)27(25-17)20(23)21(8-9-21)16-4-5-18-15(13-16)3-2-10-24-18/h2-7,10,13,22-23,28H,8-9,11-12H2,1H3/b22-19?,23-20?,26-14+. The van der Waals surface area contributed by atoms with Crippen LogP contribution in [0, 0.1) is 10.8 Å². The number of oxime groups is 1. The second-order valence-corrected chi connectivity index (χ2v) is 7.09. The van der Waals surface area contributed by atoms with Gasteiger partial charge in [0, 0.05) is 11.6 Å². The smallest absolute Gasteiger partial charge is 0.148 e. The molecule has 0 spiro atoms. The molecule has 148 valence electrons. The van der Waals surface area contributed by atoms with Gasteiger partial charge in [-0.25, -0.2) is 4.68 Å². The number of aliphatic hydroxyl groups excluding tert-OH is 1. The van der Waals surface area contributed by atoms with E-state index in [0.717, 1.165) is 29.3 Å². The van der Waals surface area contributed by atoms with E-state index in [9.17, 15) is 0 Å². The van der Waals surface area contributed by atoms with Crippen LogP contribution in [0.25, 0.3) is 10.9 Å². The van der Waals surface area contributed by atoms with Gasteiger partial charge in [-0.2, -0.15) is 5.10 Å². The van der Waals surface area contributed by atoms with Crippen molar-refractivity contribution in [3.63, 3.8) is 0 Å². The lowest BCUT2D eigenvalue weighted by atomic mass is 9.93. The monoisotopic (exact) mass is 390 g/mol. The van der Waals surface area contributed by atoms with Crippen LogP contribution in [0.3, 0.4) is 0 Å². The fraction of sp³-hybridized carbons (Fsp3) is 0.286. The number of nitrogens with zero attached hydrogens (tertiary/aromatic N) is 4. The van der Waals surface area contributed by atoms with Crippen molar-refractivity contribution in [1.82, 2.24) is 14.8 Å². The van der Waals surface area contributed by atoms with Gasteiger partial charge < -0.3 is 9.94 Å². The predicted octanol–water partition coefficient (Wildman–Crippen LogP) is 2.20. The maximum atomic E-state index is 8.85. The van der Waals surface area contributed by atoms with E-state index in [1.807, 2.05) is 24.3 Å². The molecule has 0 aliphatic heterocycles. The molecule has 0 radical (unpaired) electrons. The molecule has 1 saturated carbocycles. The van der Waals surface area contributed by atoms with Crippen molar-refractivity contribution in [3.8, 4) is 0 Å². The Bertz CT molecular complexity index is 1160. The third kappa shape index (κ3) is 3.54. The van der Waals surface area contributed by atoms with Crippen molar-refractivity contribution in [1.29, 1.82) is 10.8 Å². The maximum Gasteiger partial charge on any atom is 0.148 e. The summed E-state index contributed by atoms with van der Waals surface area (Å²) in [5, 5.41) is 35.3. The first kappa shape index (κ1) is 18.9. The summed E-state index contributed by atoms with van der Waals surface area (Å²) >= 11 is 0. The molecular formula is C21H22N6O2. The average Bonchev–Trinajstić information content (AvgIpc) is 3.55. The Kier molecular flexibility index (Phi) is 4.94. The minimum Gasteiger partial charge on any atom is -0.393 e. The number of fused-ring (bicyclic) bond motifs is 1. The lowest BCUT2D eigenvalue weighted by molar-refractivity contribution is 0.0986. The second-order valence-electron chi connectivity index (χ2n) is 7.09. The molecule has 1 fully saturated rings. The number of hydrogen-bond acceptors (Lipinski definition) is 7. The van der Waals surface area contributed by atoms with Crippen LogP contribution in [0.5, 0.6) is 0 Å². The summed E-state index contributed by atoms with van der Waals surface area (Å²) in [4.78, 5) is 9.36. The van der Waals surface area contributed by atoms with E-state index in [1.54, 1.807) is 25.3 Å². The molecule has 0 atom stereocenters. The number of rotatable bonds is 6. The minimum absolute atomic E-state index is 0.101. The van der Waals surface area contributed by atoms with E-state index < -0.39 is 5.41 Å². The molecule has 0 amide bonds. The summed E-state index contributed by atoms with van der Waals surface area (Å²) in [5.74, 6) is 0.275. The van der Waals surface area contributed by atoms with Gasteiger partial charge >= 0.3 is 0 Å². The number of nitrogens with one attached hydrogen (secondary N) is 2. The van der Waals surface area contributed by atoms with Crippen LogP contribution in [0.4, 0.5) is 0 Å². The number of aliphatic hydroxyl groups is 1. The first-order valence-corrected chi connectivity index (χ1v) is 9.42. The second kappa shape index (κ2) is 7.56. The Morgan fingerprint density at radius 1 is 1.28 bits per heavy atom. The molecule has 4 rings (SSSR count). The highest BCUT2D eigenvalue weighted by atomic mass is 16.6. The first-order valence-electron chi connectivity index (χ1n) is 9.42.